The molecule has 0 aliphatic heterocycles. The van der Waals surface area contributed by atoms with E-state index in [1.54, 1.807) is 36.1 Å². The van der Waals surface area contributed by atoms with Crippen molar-refractivity contribution in [1.82, 2.24) is 10.2 Å². The van der Waals surface area contributed by atoms with E-state index < -0.39 is 6.04 Å². The maximum atomic E-state index is 13.0. The Bertz CT molecular complexity index is 847. The normalized spacial score (nSPS) is 12.8. The molecule has 2 amide bonds. The van der Waals surface area contributed by atoms with E-state index in [1.807, 2.05) is 26.0 Å². The first-order valence-electron chi connectivity index (χ1n) is 9.96. The molecule has 0 saturated carbocycles. The fraction of sp³-hybridized carbons (Fsp3) is 0.391. The van der Waals surface area contributed by atoms with Crippen molar-refractivity contribution < 1.29 is 14.0 Å². The first kappa shape index (κ1) is 24.2. The summed E-state index contributed by atoms with van der Waals surface area (Å²) in [7, 11) is 0. The predicted octanol–water partition coefficient (Wildman–Crippen LogP) is 5.04. The van der Waals surface area contributed by atoms with Gasteiger partial charge in [0.05, 0.1) is 5.75 Å². The number of nitrogens with one attached hydrogen (secondary N) is 1. The summed E-state index contributed by atoms with van der Waals surface area (Å²) in [6.07, 6.45) is 0.814. The van der Waals surface area contributed by atoms with E-state index in [0.717, 1.165) is 17.5 Å². The number of carbonyl (C=O) groups is 2. The average molecular weight is 451 g/mol. The molecule has 4 nitrogen and oxygen atoms in total. The van der Waals surface area contributed by atoms with Crippen LogP contribution >= 0.6 is 23.4 Å². The van der Waals surface area contributed by atoms with Gasteiger partial charge in [-0.1, -0.05) is 42.8 Å². The molecule has 2 aromatic rings. The van der Waals surface area contributed by atoms with Crippen LogP contribution in [0.15, 0.2) is 48.5 Å². The highest BCUT2D eigenvalue weighted by Gasteiger charge is 2.26. The fourth-order valence-corrected chi connectivity index (χ4v) is 3.88. The van der Waals surface area contributed by atoms with Gasteiger partial charge in [0.1, 0.15) is 11.9 Å². The summed E-state index contributed by atoms with van der Waals surface area (Å²) in [6.45, 7) is 5.97. The Morgan fingerprint density at radius 3 is 2.47 bits per heavy atom. The molecule has 162 valence electrons. The Labute approximate surface area is 187 Å². The zero-order chi connectivity index (χ0) is 22.1. The van der Waals surface area contributed by atoms with Crippen LogP contribution in [0.4, 0.5) is 4.39 Å². The lowest BCUT2D eigenvalue weighted by molar-refractivity contribution is -0.138. The van der Waals surface area contributed by atoms with Crippen LogP contribution in [-0.2, 0) is 21.9 Å². The second-order valence-corrected chi connectivity index (χ2v) is 8.69. The van der Waals surface area contributed by atoms with E-state index in [2.05, 4.69) is 5.32 Å². The molecular weight excluding hydrogens is 423 g/mol. The van der Waals surface area contributed by atoms with Crippen LogP contribution in [0, 0.1) is 5.82 Å². The summed E-state index contributed by atoms with van der Waals surface area (Å²) < 4.78 is 13.0. The van der Waals surface area contributed by atoms with Crippen molar-refractivity contribution >= 4 is 35.2 Å². The summed E-state index contributed by atoms with van der Waals surface area (Å²) in [5.74, 6) is 0.217. The van der Waals surface area contributed by atoms with Crippen LogP contribution in [0.1, 0.15) is 38.3 Å². The van der Waals surface area contributed by atoms with Crippen LogP contribution in [0.2, 0.25) is 5.02 Å². The van der Waals surface area contributed by atoms with Gasteiger partial charge in [0.15, 0.2) is 0 Å². The third-order valence-corrected chi connectivity index (χ3v) is 6.04. The van der Waals surface area contributed by atoms with E-state index >= 15 is 0 Å². The van der Waals surface area contributed by atoms with E-state index in [4.69, 9.17) is 11.6 Å². The number of rotatable bonds is 10. The van der Waals surface area contributed by atoms with Crippen molar-refractivity contribution in [2.45, 2.75) is 51.6 Å². The SMILES string of the molecule is CC[C@@H](C)NC(=O)[C@H](C)N(Cc1cccc(Cl)c1)C(=O)CSCc1ccc(F)cc1. The molecule has 30 heavy (non-hydrogen) atoms. The Balaban J connectivity index is 2.07. The lowest BCUT2D eigenvalue weighted by atomic mass is 10.1. The second-order valence-electron chi connectivity index (χ2n) is 7.26. The number of hydrogen-bond acceptors (Lipinski definition) is 3. The summed E-state index contributed by atoms with van der Waals surface area (Å²) >= 11 is 7.53. The topological polar surface area (TPSA) is 49.4 Å². The predicted molar refractivity (Wildman–Crippen MR) is 122 cm³/mol. The Hall–Kier alpha value is -2.05. The largest absolute Gasteiger partial charge is 0.352 e. The lowest BCUT2D eigenvalue weighted by Gasteiger charge is -2.29. The van der Waals surface area contributed by atoms with Crippen LogP contribution in [0.25, 0.3) is 0 Å². The van der Waals surface area contributed by atoms with Crippen molar-refractivity contribution in [2.24, 2.45) is 0 Å². The van der Waals surface area contributed by atoms with Gasteiger partial charge < -0.3 is 10.2 Å². The molecule has 0 fully saturated rings. The number of nitrogens with zero attached hydrogens (tertiary/aromatic N) is 1. The third-order valence-electron chi connectivity index (χ3n) is 4.82. The number of hydrogen-bond donors (Lipinski definition) is 1. The number of thioether (sulfide) groups is 1. The van der Waals surface area contributed by atoms with Gasteiger partial charge >= 0.3 is 0 Å². The minimum atomic E-state index is -0.614. The third kappa shape index (κ3) is 7.65. The quantitative estimate of drug-likeness (QED) is 0.551. The van der Waals surface area contributed by atoms with E-state index in [-0.39, 0.29) is 29.4 Å². The minimum Gasteiger partial charge on any atom is -0.352 e. The maximum Gasteiger partial charge on any atom is 0.242 e. The Morgan fingerprint density at radius 1 is 1.13 bits per heavy atom. The van der Waals surface area contributed by atoms with Crippen molar-refractivity contribution in [2.75, 3.05) is 5.75 Å². The van der Waals surface area contributed by atoms with E-state index in [0.29, 0.717) is 17.3 Å². The molecule has 2 rings (SSSR count). The van der Waals surface area contributed by atoms with Crippen molar-refractivity contribution in [3.8, 4) is 0 Å². The van der Waals surface area contributed by atoms with Crippen LogP contribution in [0.3, 0.4) is 0 Å². The summed E-state index contributed by atoms with van der Waals surface area (Å²) in [5, 5.41) is 3.53. The number of halogens is 2. The minimum absolute atomic E-state index is 0.0379. The van der Waals surface area contributed by atoms with Gasteiger partial charge in [0.2, 0.25) is 11.8 Å². The molecule has 2 aromatic carbocycles. The number of carbonyl (C=O) groups excluding carboxylic acids is 2. The summed E-state index contributed by atoms with van der Waals surface area (Å²) in [6, 6.07) is 12.9. The molecule has 0 bridgehead atoms. The molecule has 0 spiro atoms. The van der Waals surface area contributed by atoms with Gasteiger partial charge in [-0.3, -0.25) is 9.59 Å². The fourth-order valence-electron chi connectivity index (χ4n) is 2.80. The molecule has 0 aliphatic rings. The van der Waals surface area contributed by atoms with Crippen molar-refractivity contribution in [1.29, 1.82) is 0 Å². The molecule has 0 aliphatic carbocycles. The molecule has 2 atom stereocenters. The van der Waals surface area contributed by atoms with Crippen LogP contribution < -0.4 is 5.32 Å². The summed E-state index contributed by atoms with van der Waals surface area (Å²) in [5.41, 5.74) is 1.81. The Kier molecular flexibility index (Phi) is 9.66. The van der Waals surface area contributed by atoms with Crippen LogP contribution in [0.5, 0.6) is 0 Å². The highest BCUT2D eigenvalue weighted by Crippen LogP contribution is 2.18. The smallest absolute Gasteiger partial charge is 0.242 e. The highest BCUT2D eigenvalue weighted by molar-refractivity contribution is 7.99. The second kappa shape index (κ2) is 12.0. The van der Waals surface area contributed by atoms with Gasteiger partial charge in [0, 0.05) is 23.4 Å². The van der Waals surface area contributed by atoms with Gasteiger partial charge in [-0.25, -0.2) is 4.39 Å². The maximum absolute atomic E-state index is 13.0. The molecule has 0 radical (unpaired) electrons. The first-order valence-corrected chi connectivity index (χ1v) is 11.5. The lowest BCUT2D eigenvalue weighted by Crippen LogP contribution is -2.50. The standard InChI is InChI=1S/C23H28ClFN2O2S/c1-4-16(2)26-23(29)17(3)27(13-19-6-5-7-20(24)12-19)22(28)15-30-14-18-8-10-21(25)11-9-18/h5-12,16-17H,4,13-15H2,1-3H3,(H,26,29)/t16-,17+/m1/s1. The number of benzene rings is 2. The first-order chi connectivity index (χ1) is 14.3. The number of amides is 2. The monoisotopic (exact) mass is 450 g/mol. The average Bonchev–Trinajstić information content (AvgIpc) is 2.72. The molecule has 0 heterocycles. The highest BCUT2D eigenvalue weighted by atomic mass is 35.5. The van der Waals surface area contributed by atoms with Crippen LogP contribution in [-0.4, -0.2) is 34.6 Å². The molecule has 0 unspecified atom stereocenters. The molecule has 1 N–H and O–H groups in total. The zero-order valence-electron chi connectivity index (χ0n) is 17.5. The van der Waals surface area contributed by atoms with Crippen molar-refractivity contribution in [3.63, 3.8) is 0 Å². The molecule has 7 heteroatoms. The van der Waals surface area contributed by atoms with Gasteiger partial charge in [-0.05, 0) is 55.7 Å². The van der Waals surface area contributed by atoms with E-state index in [9.17, 15) is 14.0 Å². The molecule has 0 aromatic heterocycles. The molecular formula is C23H28ClFN2O2S. The summed E-state index contributed by atoms with van der Waals surface area (Å²) in [4.78, 5) is 27.3. The van der Waals surface area contributed by atoms with Gasteiger partial charge in [-0.2, -0.15) is 0 Å². The van der Waals surface area contributed by atoms with E-state index in [1.165, 1.54) is 23.9 Å². The van der Waals surface area contributed by atoms with Gasteiger partial charge in [-0.15, -0.1) is 11.8 Å². The van der Waals surface area contributed by atoms with Crippen molar-refractivity contribution in [3.05, 3.63) is 70.5 Å². The zero-order valence-corrected chi connectivity index (χ0v) is 19.1. The Morgan fingerprint density at radius 2 is 1.83 bits per heavy atom. The molecule has 0 saturated heterocycles. The van der Waals surface area contributed by atoms with Gasteiger partial charge in [0.25, 0.3) is 0 Å².